The van der Waals surface area contributed by atoms with Crippen LogP contribution in [0, 0.1) is 0 Å². The minimum atomic E-state index is -0.539. The Morgan fingerprint density at radius 1 is 1.31 bits per heavy atom. The Hall–Kier alpha value is -1.94. The summed E-state index contributed by atoms with van der Waals surface area (Å²) in [6, 6.07) is 5.09. The lowest BCUT2D eigenvalue weighted by Gasteiger charge is -2.07. The minimum Gasteiger partial charge on any atom is -0.366 e. The van der Waals surface area contributed by atoms with Gasteiger partial charge in [-0.2, -0.15) is 0 Å². The summed E-state index contributed by atoms with van der Waals surface area (Å²) >= 11 is 5.96. The lowest BCUT2D eigenvalue weighted by atomic mass is 10.0. The fourth-order valence-corrected chi connectivity index (χ4v) is 1.69. The van der Waals surface area contributed by atoms with E-state index in [2.05, 4.69) is 9.97 Å². The molecule has 2 aromatic heterocycles. The second kappa shape index (κ2) is 4.28. The zero-order valence-electron chi connectivity index (χ0n) is 8.22. The number of carbonyl (C=O) groups excluding carboxylic acids is 1. The van der Waals surface area contributed by atoms with Gasteiger partial charge in [0.25, 0.3) is 0 Å². The van der Waals surface area contributed by atoms with E-state index in [1.54, 1.807) is 24.5 Å². The van der Waals surface area contributed by atoms with E-state index < -0.39 is 5.91 Å². The number of carbonyl (C=O) groups is 1. The number of hydrogen-bond acceptors (Lipinski definition) is 3. The zero-order valence-corrected chi connectivity index (χ0v) is 8.98. The number of primary amides is 1. The molecule has 2 aromatic rings. The predicted molar refractivity (Wildman–Crippen MR) is 61.0 cm³/mol. The Morgan fingerprint density at radius 3 is 2.75 bits per heavy atom. The van der Waals surface area contributed by atoms with Crippen LogP contribution in [0.3, 0.4) is 0 Å². The highest BCUT2D eigenvalue weighted by Crippen LogP contribution is 2.28. The normalized spacial score (nSPS) is 10.1. The lowest BCUT2D eigenvalue weighted by molar-refractivity contribution is 0.100. The lowest BCUT2D eigenvalue weighted by Crippen LogP contribution is -2.13. The van der Waals surface area contributed by atoms with Gasteiger partial charge in [-0.25, -0.2) is 4.98 Å². The van der Waals surface area contributed by atoms with Crippen LogP contribution in [-0.2, 0) is 0 Å². The summed E-state index contributed by atoms with van der Waals surface area (Å²) in [6.45, 7) is 0. The number of aromatic nitrogens is 2. The van der Waals surface area contributed by atoms with Crippen LogP contribution in [-0.4, -0.2) is 15.9 Å². The average Bonchev–Trinajstić information content (AvgIpc) is 2.29. The van der Waals surface area contributed by atoms with Crippen LogP contribution in [0.15, 0.2) is 36.8 Å². The molecule has 5 heteroatoms. The highest BCUT2D eigenvalue weighted by atomic mass is 35.5. The molecular formula is C11H8ClN3O. The van der Waals surface area contributed by atoms with Crippen LogP contribution >= 0.6 is 11.6 Å². The van der Waals surface area contributed by atoms with Crippen molar-refractivity contribution in [2.45, 2.75) is 0 Å². The van der Waals surface area contributed by atoms with Gasteiger partial charge < -0.3 is 5.73 Å². The van der Waals surface area contributed by atoms with Crippen molar-refractivity contribution in [1.82, 2.24) is 9.97 Å². The van der Waals surface area contributed by atoms with Gasteiger partial charge in [0.2, 0.25) is 5.91 Å². The first-order valence-electron chi connectivity index (χ1n) is 4.55. The largest absolute Gasteiger partial charge is 0.366 e. The summed E-state index contributed by atoms with van der Waals surface area (Å²) in [6.07, 6.45) is 4.69. The van der Waals surface area contributed by atoms with Crippen molar-refractivity contribution in [3.8, 4) is 11.1 Å². The van der Waals surface area contributed by atoms with Gasteiger partial charge in [-0.3, -0.25) is 9.78 Å². The van der Waals surface area contributed by atoms with Gasteiger partial charge in [-0.1, -0.05) is 17.7 Å². The molecule has 0 saturated heterocycles. The molecule has 0 aliphatic carbocycles. The van der Waals surface area contributed by atoms with Crippen LogP contribution in [0.1, 0.15) is 10.4 Å². The standard InChI is InChI=1S/C11H8ClN3O/c12-10-9(7-2-1-4-14-6-7)8(11(13)16)3-5-15-10/h1-6H,(H2,13,16). The van der Waals surface area contributed by atoms with Crippen LogP contribution in [0.5, 0.6) is 0 Å². The number of nitrogens with zero attached hydrogens (tertiary/aromatic N) is 2. The van der Waals surface area contributed by atoms with Crippen molar-refractivity contribution < 1.29 is 4.79 Å². The second-order valence-electron chi connectivity index (χ2n) is 3.13. The molecule has 0 atom stereocenters. The molecule has 0 fully saturated rings. The first-order chi connectivity index (χ1) is 7.70. The Bertz CT molecular complexity index is 528. The number of nitrogens with two attached hydrogens (primary N) is 1. The van der Waals surface area contributed by atoms with Crippen molar-refractivity contribution in [3.05, 3.63) is 47.5 Å². The molecule has 2 rings (SSSR count). The number of pyridine rings is 2. The van der Waals surface area contributed by atoms with Crippen LogP contribution in [0.25, 0.3) is 11.1 Å². The SMILES string of the molecule is NC(=O)c1ccnc(Cl)c1-c1cccnc1. The fraction of sp³-hybridized carbons (Fsp3) is 0. The van der Waals surface area contributed by atoms with Crippen molar-refractivity contribution in [3.63, 3.8) is 0 Å². The number of amides is 1. The first kappa shape index (κ1) is 10.6. The molecule has 2 N–H and O–H groups in total. The Labute approximate surface area is 97.1 Å². The second-order valence-corrected chi connectivity index (χ2v) is 3.49. The molecular weight excluding hydrogens is 226 g/mol. The highest BCUT2D eigenvalue weighted by Gasteiger charge is 2.14. The van der Waals surface area contributed by atoms with Gasteiger partial charge in [0, 0.05) is 29.7 Å². The topological polar surface area (TPSA) is 68.9 Å². The van der Waals surface area contributed by atoms with Crippen molar-refractivity contribution in [2.24, 2.45) is 5.73 Å². The average molecular weight is 234 g/mol. The van der Waals surface area contributed by atoms with Gasteiger partial charge in [0.1, 0.15) is 5.15 Å². The van der Waals surface area contributed by atoms with Crippen molar-refractivity contribution in [2.75, 3.05) is 0 Å². The smallest absolute Gasteiger partial charge is 0.249 e. The maximum absolute atomic E-state index is 11.3. The molecule has 0 radical (unpaired) electrons. The third-order valence-corrected chi connectivity index (χ3v) is 2.41. The zero-order chi connectivity index (χ0) is 11.5. The summed E-state index contributed by atoms with van der Waals surface area (Å²) in [5, 5.41) is 0.240. The third kappa shape index (κ3) is 1.87. The summed E-state index contributed by atoms with van der Waals surface area (Å²) in [4.78, 5) is 19.2. The molecule has 0 aromatic carbocycles. The molecule has 0 unspecified atom stereocenters. The minimum absolute atomic E-state index is 0.240. The van der Waals surface area contributed by atoms with Crippen LogP contribution in [0.4, 0.5) is 0 Å². The van der Waals surface area contributed by atoms with Crippen molar-refractivity contribution in [1.29, 1.82) is 0 Å². The van der Waals surface area contributed by atoms with E-state index >= 15 is 0 Å². The molecule has 80 valence electrons. The number of rotatable bonds is 2. The monoisotopic (exact) mass is 233 g/mol. The van der Waals surface area contributed by atoms with Gasteiger partial charge in [-0.15, -0.1) is 0 Å². The molecule has 0 bridgehead atoms. The predicted octanol–water partition coefficient (Wildman–Crippen LogP) is 1.90. The molecule has 2 heterocycles. The Morgan fingerprint density at radius 2 is 2.12 bits per heavy atom. The first-order valence-corrected chi connectivity index (χ1v) is 4.92. The van der Waals surface area contributed by atoms with E-state index in [1.807, 2.05) is 0 Å². The van der Waals surface area contributed by atoms with E-state index in [-0.39, 0.29) is 5.15 Å². The van der Waals surface area contributed by atoms with E-state index in [0.29, 0.717) is 11.1 Å². The van der Waals surface area contributed by atoms with E-state index in [1.165, 1.54) is 12.3 Å². The number of hydrogen-bond donors (Lipinski definition) is 1. The Kier molecular flexibility index (Phi) is 2.83. The maximum Gasteiger partial charge on any atom is 0.249 e. The van der Waals surface area contributed by atoms with Crippen molar-refractivity contribution >= 4 is 17.5 Å². The quantitative estimate of drug-likeness (QED) is 0.806. The van der Waals surface area contributed by atoms with Crippen LogP contribution < -0.4 is 5.73 Å². The maximum atomic E-state index is 11.3. The summed E-state index contributed by atoms with van der Waals surface area (Å²) in [5.74, 6) is -0.539. The molecule has 0 saturated carbocycles. The third-order valence-electron chi connectivity index (χ3n) is 2.12. The van der Waals surface area contributed by atoms with Gasteiger partial charge >= 0.3 is 0 Å². The summed E-state index contributed by atoms with van der Waals surface area (Å²) in [5.41, 5.74) is 6.85. The van der Waals surface area contributed by atoms with Gasteiger partial charge in [0.05, 0.1) is 5.56 Å². The molecule has 0 spiro atoms. The number of halogens is 1. The molecule has 0 aliphatic heterocycles. The molecule has 4 nitrogen and oxygen atoms in total. The van der Waals surface area contributed by atoms with Gasteiger partial charge in [-0.05, 0) is 12.1 Å². The molecule has 1 amide bonds. The van der Waals surface area contributed by atoms with E-state index in [4.69, 9.17) is 17.3 Å². The fourth-order valence-electron chi connectivity index (χ4n) is 1.43. The molecule has 0 aliphatic rings. The molecule has 16 heavy (non-hydrogen) atoms. The van der Waals surface area contributed by atoms with E-state index in [0.717, 1.165) is 5.56 Å². The highest BCUT2D eigenvalue weighted by molar-refractivity contribution is 6.33. The Balaban J connectivity index is 2.68. The van der Waals surface area contributed by atoms with Crippen LogP contribution in [0.2, 0.25) is 5.15 Å². The van der Waals surface area contributed by atoms with E-state index in [9.17, 15) is 4.79 Å². The summed E-state index contributed by atoms with van der Waals surface area (Å²) < 4.78 is 0. The summed E-state index contributed by atoms with van der Waals surface area (Å²) in [7, 11) is 0. The van der Waals surface area contributed by atoms with Gasteiger partial charge in [0.15, 0.2) is 0 Å².